The van der Waals surface area contributed by atoms with E-state index in [1.807, 2.05) is 4.90 Å². The van der Waals surface area contributed by atoms with Crippen LogP contribution < -0.4 is 5.32 Å². The van der Waals surface area contributed by atoms with Crippen molar-refractivity contribution in [1.82, 2.24) is 9.88 Å². The van der Waals surface area contributed by atoms with Crippen LogP contribution >= 0.6 is 11.6 Å². The Kier molecular flexibility index (Phi) is 3.83. The molecular formula is C15H20ClN3O. The van der Waals surface area contributed by atoms with Crippen LogP contribution in [0.4, 0.5) is 5.82 Å². The lowest BCUT2D eigenvalue weighted by molar-refractivity contribution is 0.0690. The van der Waals surface area contributed by atoms with Gasteiger partial charge in [0.25, 0.3) is 5.91 Å². The van der Waals surface area contributed by atoms with E-state index in [9.17, 15) is 4.79 Å². The summed E-state index contributed by atoms with van der Waals surface area (Å²) in [6, 6.07) is 2.17. The summed E-state index contributed by atoms with van der Waals surface area (Å²) in [6.07, 6.45) is 7.63. The molecule has 2 heterocycles. The highest BCUT2D eigenvalue weighted by atomic mass is 35.5. The van der Waals surface area contributed by atoms with Crippen LogP contribution in [0, 0.1) is 5.92 Å². The minimum Gasteiger partial charge on any atom is -0.373 e. The van der Waals surface area contributed by atoms with E-state index >= 15 is 0 Å². The number of fused-ring (bicyclic) bond motifs is 1. The topological polar surface area (TPSA) is 45.2 Å². The van der Waals surface area contributed by atoms with Gasteiger partial charge in [-0.3, -0.25) is 4.79 Å². The first-order valence-electron chi connectivity index (χ1n) is 7.35. The van der Waals surface area contributed by atoms with Crippen LogP contribution in [0.3, 0.4) is 0 Å². The van der Waals surface area contributed by atoms with Crippen LogP contribution in [0.25, 0.3) is 0 Å². The van der Waals surface area contributed by atoms with Crippen molar-refractivity contribution in [3.05, 3.63) is 22.8 Å². The number of likely N-dealkylation sites (tertiary alicyclic amines) is 1. The minimum absolute atomic E-state index is 0.0586. The molecule has 1 amide bonds. The van der Waals surface area contributed by atoms with E-state index in [0.717, 1.165) is 19.4 Å². The summed E-state index contributed by atoms with van der Waals surface area (Å²) >= 11 is 6.16. The second-order valence-electron chi connectivity index (χ2n) is 5.70. The fourth-order valence-corrected chi connectivity index (χ4v) is 3.74. The quantitative estimate of drug-likeness (QED) is 0.911. The average Bonchev–Trinajstić information content (AvgIpc) is 2.91. The molecule has 3 rings (SSSR count). The largest absolute Gasteiger partial charge is 0.373 e. The number of carbonyl (C=O) groups is 1. The Morgan fingerprint density at radius 3 is 3.00 bits per heavy atom. The van der Waals surface area contributed by atoms with Gasteiger partial charge in [-0.2, -0.15) is 0 Å². The molecule has 1 aliphatic heterocycles. The first-order valence-corrected chi connectivity index (χ1v) is 7.73. The maximum absolute atomic E-state index is 12.8. The Morgan fingerprint density at radius 1 is 1.40 bits per heavy atom. The van der Waals surface area contributed by atoms with Crippen molar-refractivity contribution < 1.29 is 4.79 Å². The van der Waals surface area contributed by atoms with Gasteiger partial charge in [0.2, 0.25) is 0 Å². The first kappa shape index (κ1) is 13.7. The minimum atomic E-state index is 0.0586. The fraction of sp³-hybridized carbons (Fsp3) is 0.600. The van der Waals surface area contributed by atoms with Crippen molar-refractivity contribution in [2.75, 3.05) is 18.9 Å². The van der Waals surface area contributed by atoms with Gasteiger partial charge in [-0.15, -0.1) is 0 Å². The summed E-state index contributed by atoms with van der Waals surface area (Å²) in [4.78, 5) is 18.9. The number of pyridine rings is 1. The number of carbonyl (C=O) groups excluding carboxylic acids is 1. The van der Waals surface area contributed by atoms with Gasteiger partial charge in [0, 0.05) is 25.8 Å². The standard InChI is InChI=1S/C15H20ClN3O/c1-17-14-8-11(12(16)9-18-14)15(20)19-7-6-10-4-2-3-5-13(10)19/h8-10,13H,2-7H2,1H3,(H,17,18). The van der Waals surface area contributed by atoms with Crippen molar-refractivity contribution in [3.8, 4) is 0 Å². The van der Waals surface area contributed by atoms with Gasteiger partial charge in [0.05, 0.1) is 10.6 Å². The van der Waals surface area contributed by atoms with E-state index in [4.69, 9.17) is 11.6 Å². The summed E-state index contributed by atoms with van der Waals surface area (Å²) in [5.74, 6) is 1.43. The molecule has 0 radical (unpaired) electrons. The smallest absolute Gasteiger partial charge is 0.255 e. The number of amides is 1. The molecule has 1 aliphatic carbocycles. The summed E-state index contributed by atoms with van der Waals surface area (Å²) in [5.41, 5.74) is 0.567. The monoisotopic (exact) mass is 293 g/mol. The maximum atomic E-state index is 12.8. The van der Waals surface area contributed by atoms with E-state index in [1.54, 1.807) is 19.3 Å². The molecule has 1 aromatic rings. The van der Waals surface area contributed by atoms with E-state index in [2.05, 4.69) is 10.3 Å². The van der Waals surface area contributed by atoms with Gasteiger partial charge in [0.15, 0.2) is 0 Å². The SMILES string of the molecule is CNc1cc(C(=O)N2CCC3CCCCC32)c(Cl)cn1. The molecule has 2 fully saturated rings. The molecule has 1 aromatic heterocycles. The predicted octanol–water partition coefficient (Wildman–Crippen LogP) is 3.18. The molecule has 108 valence electrons. The molecule has 0 spiro atoms. The van der Waals surface area contributed by atoms with Crippen LogP contribution in [0.2, 0.25) is 5.02 Å². The number of nitrogens with one attached hydrogen (secondary N) is 1. The lowest BCUT2D eigenvalue weighted by atomic mass is 9.85. The number of nitrogens with zero attached hydrogens (tertiary/aromatic N) is 2. The molecule has 0 bridgehead atoms. The number of hydrogen-bond donors (Lipinski definition) is 1. The van der Waals surface area contributed by atoms with Crippen LogP contribution in [-0.2, 0) is 0 Å². The molecular weight excluding hydrogens is 274 g/mol. The number of aromatic nitrogens is 1. The van der Waals surface area contributed by atoms with Crippen molar-refractivity contribution in [1.29, 1.82) is 0 Å². The molecule has 1 saturated heterocycles. The Labute approximate surface area is 124 Å². The van der Waals surface area contributed by atoms with Crippen molar-refractivity contribution in [2.24, 2.45) is 5.92 Å². The van der Waals surface area contributed by atoms with Gasteiger partial charge < -0.3 is 10.2 Å². The third-order valence-corrected chi connectivity index (χ3v) is 4.91. The van der Waals surface area contributed by atoms with Crippen LogP contribution in [-0.4, -0.2) is 35.4 Å². The Morgan fingerprint density at radius 2 is 2.20 bits per heavy atom. The van der Waals surface area contributed by atoms with E-state index in [-0.39, 0.29) is 5.91 Å². The highest BCUT2D eigenvalue weighted by Gasteiger charge is 2.38. The number of anilines is 1. The van der Waals surface area contributed by atoms with Crippen LogP contribution in [0.5, 0.6) is 0 Å². The predicted molar refractivity (Wildman–Crippen MR) is 80.2 cm³/mol. The van der Waals surface area contributed by atoms with Crippen LogP contribution in [0.15, 0.2) is 12.3 Å². The molecule has 2 atom stereocenters. The average molecular weight is 294 g/mol. The van der Waals surface area contributed by atoms with Crippen molar-refractivity contribution in [2.45, 2.75) is 38.1 Å². The molecule has 2 unspecified atom stereocenters. The number of halogens is 1. The fourth-order valence-electron chi connectivity index (χ4n) is 3.55. The Bertz CT molecular complexity index is 520. The molecule has 5 heteroatoms. The third-order valence-electron chi connectivity index (χ3n) is 4.61. The van der Waals surface area contributed by atoms with Crippen molar-refractivity contribution >= 4 is 23.3 Å². The van der Waals surface area contributed by atoms with Gasteiger partial charge in [-0.1, -0.05) is 24.4 Å². The molecule has 2 aliphatic rings. The Balaban J connectivity index is 1.85. The van der Waals surface area contributed by atoms with Gasteiger partial charge in [-0.05, 0) is 31.2 Å². The first-order chi connectivity index (χ1) is 9.70. The van der Waals surface area contributed by atoms with Crippen LogP contribution in [0.1, 0.15) is 42.5 Å². The lowest BCUT2D eigenvalue weighted by Gasteiger charge is -2.31. The third kappa shape index (κ3) is 2.37. The maximum Gasteiger partial charge on any atom is 0.255 e. The zero-order valence-electron chi connectivity index (χ0n) is 11.7. The van der Waals surface area contributed by atoms with Gasteiger partial charge in [-0.25, -0.2) is 4.98 Å². The van der Waals surface area contributed by atoms with E-state index in [1.165, 1.54) is 19.3 Å². The summed E-state index contributed by atoms with van der Waals surface area (Å²) in [6.45, 7) is 0.863. The summed E-state index contributed by atoms with van der Waals surface area (Å²) in [5, 5.41) is 3.39. The molecule has 1 saturated carbocycles. The zero-order valence-corrected chi connectivity index (χ0v) is 12.5. The van der Waals surface area contributed by atoms with Gasteiger partial charge >= 0.3 is 0 Å². The molecule has 20 heavy (non-hydrogen) atoms. The lowest BCUT2D eigenvalue weighted by Crippen LogP contribution is -2.39. The summed E-state index contributed by atoms with van der Waals surface area (Å²) < 4.78 is 0. The van der Waals surface area contributed by atoms with E-state index < -0.39 is 0 Å². The second kappa shape index (κ2) is 5.60. The molecule has 4 nitrogen and oxygen atoms in total. The Hall–Kier alpha value is -1.29. The highest BCUT2D eigenvalue weighted by molar-refractivity contribution is 6.33. The van der Waals surface area contributed by atoms with Crippen molar-refractivity contribution in [3.63, 3.8) is 0 Å². The number of rotatable bonds is 2. The van der Waals surface area contributed by atoms with E-state index in [0.29, 0.717) is 28.4 Å². The van der Waals surface area contributed by atoms with Gasteiger partial charge in [0.1, 0.15) is 5.82 Å². The summed E-state index contributed by atoms with van der Waals surface area (Å²) in [7, 11) is 1.79. The molecule has 1 N–H and O–H groups in total. The molecule has 0 aromatic carbocycles. The highest BCUT2D eigenvalue weighted by Crippen LogP contribution is 2.37. The second-order valence-corrected chi connectivity index (χ2v) is 6.11. The number of hydrogen-bond acceptors (Lipinski definition) is 3. The normalized spacial score (nSPS) is 25.4. The zero-order chi connectivity index (χ0) is 14.1.